The second-order valence-electron chi connectivity index (χ2n) is 3.29. The first-order valence-corrected chi connectivity index (χ1v) is 4.42. The van der Waals surface area contributed by atoms with E-state index in [1.54, 1.807) is 0 Å². The van der Waals surface area contributed by atoms with E-state index in [-0.39, 0.29) is 0 Å². The summed E-state index contributed by atoms with van der Waals surface area (Å²) in [5.41, 5.74) is 3.01. The highest BCUT2D eigenvalue weighted by Gasteiger charge is 2.17. The van der Waals surface area contributed by atoms with Crippen LogP contribution in [0, 0.1) is 6.92 Å². The molecule has 0 saturated carbocycles. The summed E-state index contributed by atoms with van der Waals surface area (Å²) in [6, 6.07) is 11.3. The molecule has 0 amide bonds. The van der Waals surface area contributed by atoms with Crippen molar-refractivity contribution in [3.63, 3.8) is 0 Å². The molecule has 2 nitrogen and oxygen atoms in total. The number of carboxylic acid groups (broad SMARTS) is 1. The van der Waals surface area contributed by atoms with E-state index in [4.69, 9.17) is 5.11 Å². The zero-order valence-electron chi connectivity index (χ0n) is 7.82. The van der Waals surface area contributed by atoms with Gasteiger partial charge in [0.15, 0.2) is 0 Å². The summed E-state index contributed by atoms with van der Waals surface area (Å²) in [7, 11) is 0. The first-order valence-electron chi connectivity index (χ1n) is 4.42. The van der Waals surface area contributed by atoms with Crippen LogP contribution in [0.1, 0.15) is 15.9 Å². The predicted molar refractivity (Wildman–Crippen MR) is 54.8 cm³/mol. The van der Waals surface area contributed by atoms with E-state index in [0.717, 1.165) is 16.7 Å². The van der Waals surface area contributed by atoms with Crippen molar-refractivity contribution in [3.05, 3.63) is 47.5 Å². The zero-order valence-corrected chi connectivity index (χ0v) is 7.82. The van der Waals surface area contributed by atoms with Crippen molar-refractivity contribution < 1.29 is 9.90 Å². The van der Waals surface area contributed by atoms with Crippen molar-refractivity contribution in [1.82, 2.24) is 0 Å². The summed E-state index contributed by atoms with van der Waals surface area (Å²) >= 11 is 0. The molecule has 0 aromatic heterocycles. The number of rotatable bonds is 1. The Morgan fingerprint density at radius 2 is 1.93 bits per heavy atom. The van der Waals surface area contributed by atoms with Gasteiger partial charge in [0.2, 0.25) is 0 Å². The molecule has 0 atom stereocenters. The van der Waals surface area contributed by atoms with Crippen molar-refractivity contribution >= 4 is 5.97 Å². The number of carbonyl (C=O) groups is 1. The molecule has 0 saturated heterocycles. The summed E-state index contributed by atoms with van der Waals surface area (Å²) in [5, 5.41) is 9.03. The van der Waals surface area contributed by atoms with Gasteiger partial charge in [0.25, 0.3) is 0 Å². The number of hydrogen-bond donors (Lipinski definition) is 1. The van der Waals surface area contributed by atoms with Crippen molar-refractivity contribution in [2.45, 2.75) is 6.92 Å². The minimum atomic E-state index is -0.858. The van der Waals surface area contributed by atoms with Crippen LogP contribution in [-0.4, -0.2) is 11.1 Å². The lowest BCUT2D eigenvalue weighted by Gasteiger charge is -1.95. The summed E-state index contributed by atoms with van der Waals surface area (Å²) in [6.07, 6.45) is 0. The van der Waals surface area contributed by atoms with Crippen LogP contribution in [0.25, 0.3) is 11.1 Å². The molecule has 0 spiro atoms. The molecule has 0 radical (unpaired) electrons. The Kier molecular flexibility index (Phi) is 1.97. The molecule has 0 bridgehead atoms. The Bertz CT molecular complexity index is 460. The van der Waals surface area contributed by atoms with E-state index in [1.807, 2.05) is 43.3 Å². The fourth-order valence-corrected chi connectivity index (χ4v) is 1.72. The fraction of sp³-hybridized carbons (Fsp3) is 0.0833. The average Bonchev–Trinajstić information content (AvgIpc) is 2.31. The Hall–Kier alpha value is -1.83. The summed E-state index contributed by atoms with van der Waals surface area (Å²) in [4.78, 5) is 11.0. The predicted octanol–water partition coefficient (Wildman–Crippen LogP) is 2.80. The van der Waals surface area contributed by atoms with E-state index in [2.05, 4.69) is 0 Å². The minimum absolute atomic E-state index is 0.413. The van der Waals surface area contributed by atoms with Crippen LogP contribution in [0.5, 0.6) is 0 Å². The van der Waals surface area contributed by atoms with Gasteiger partial charge in [-0.05, 0) is 23.6 Å². The maximum atomic E-state index is 11.0. The van der Waals surface area contributed by atoms with Crippen LogP contribution in [0.3, 0.4) is 0 Å². The third kappa shape index (κ3) is 1.25. The first kappa shape index (κ1) is 8.75. The molecule has 1 N–H and O–H groups in total. The molecular weight excluding hydrogens is 176 g/mol. The Morgan fingerprint density at radius 3 is 2.64 bits per heavy atom. The topological polar surface area (TPSA) is 37.3 Å². The highest BCUT2D eigenvalue weighted by molar-refractivity contribution is 5.99. The lowest BCUT2D eigenvalue weighted by atomic mass is 10.1. The van der Waals surface area contributed by atoms with Crippen LogP contribution >= 0.6 is 0 Å². The Morgan fingerprint density at radius 1 is 1.21 bits per heavy atom. The van der Waals surface area contributed by atoms with Gasteiger partial charge in [-0.25, -0.2) is 4.79 Å². The van der Waals surface area contributed by atoms with Crippen LogP contribution in [0.15, 0.2) is 36.4 Å². The molecule has 2 aliphatic rings. The number of aromatic carboxylic acids is 1. The molecule has 0 aromatic rings. The van der Waals surface area contributed by atoms with Gasteiger partial charge in [0.1, 0.15) is 0 Å². The van der Waals surface area contributed by atoms with Gasteiger partial charge in [-0.3, -0.25) is 0 Å². The van der Waals surface area contributed by atoms with Crippen LogP contribution in [0.2, 0.25) is 0 Å². The first-order chi connectivity index (χ1) is 6.70. The zero-order chi connectivity index (χ0) is 10.1. The molecular formula is C12H10O2. The monoisotopic (exact) mass is 186 g/mol. The minimum Gasteiger partial charge on any atom is -0.478 e. The molecule has 0 aromatic carbocycles. The molecule has 0 unspecified atom stereocenters. The SMILES string of the molecule is Cc1cc2cccccc-2c1C(=O)O. The molecule has 2 rings (SSSR count). The second-order valence-corrected chi connectivity index (χ2v) is 3.29. The van der Waals surface area contributed by atoms with Crippen molar-refractivity contribution in [3.8, 4) is 11.1 Å². The molecule has 0 aliphatic heterocycles. The van der Waals surface area contributed by atoms with Crippen molar-refractivity contribution in [1.29, 1.82) is 0 Å². The average molecular weight is 186 g/mol. The van der Waals surface area contributed by atoms with Gasteiger partial charge >= 0.3 is 5.97 Å². The van der Waals surface area contributed by atoms with Crippen LogP contribution < -0.4 is 0 Å². The quantitative estimate of drug-likeness (QED) is 0.743. The second kappa shape index (κ2) is 3.14. The van der Waals surface area contributed by atoms with Gasteiger partial charge in [0.05, 0.1) is 5.56 Å². The van der Waals surface area contributed by atoms with E-state index in [0.29, 0.717) is 5.56 Å². The molecule has 2 heteroatoms. The number of aryl methyl sites for hydroxylation is 1. The van der Waals surface area contributed by atoms with Gasteiger partial charge in [0, 0.05) is 0 Å². The Labute approximate surface area is 82.2 Å². The summed E-state index contributed by atoms with van der Waals surface area (Å²) in [5.74, 6) is -0.858. The Balaban J connectivity index is 2.77. The van der Waals surface area contributed by atoms with Crippen molar-refractivity contribution in [2.24, 2.45) is 0 Å². The molecule has 14 heavy (non-hydrogen) atoms. The molecule has 70 valence electrons. The van der Waals surface area contributed by atoms with Crippen LogP contribution in [0.4, 0.5) is 0 Å². The maximum absolute atomic E-state index is 11.0. The molecule has 2 aliphatic carbocycles. The van der Waals surface area contributed by atoms with Gasteiger partial charge in [-0.15, -0.1) is 0 Å². The smallest absolute Gasteiger partial charge is 0.336 e. The third-order valence-electron chi connectivity index (χ3n) is 2.32. The third-order valence-corrected chi connectivity index (χ3v) is 2.32. The summed E-state index contributed by atoms with van der Waals surface area (Å²) in [6.45, 7) is 1.82. The number of fused-ring (bicyclic) bond motifs is 1. The maximum Gasteiger partial charge on any atom is 0.336 e. The number of carboxylic acids is 1. The largest absolute Gasteiger partial charge is 0.478 e. The number of hydrogen-bond acceptors (Lipinski definition) is 1. The molecule has 0 heterocycles. The lowest BCUT2D eigenvalue weighted by Crippen LogP contribution is -1.97. The molecule has 0 fully saturated rings. The van der Waals surface area contributed by atoms with E-state index < -0.39 is 5.97 Å². The van der Waals surface area contributed by atoms with Crippen molar-refractivity contribution in [2.75, 3.05) is 0 Å². The normalized spacial score (nSPS) is 10.4. The van der Waals surface area contributed by atoms with E-state index >= 15 is 0 Å². The highest BCUT2D eigenvalue weighted by atomic mass is 16.4. The van der Waals surface area contributed by atoms with E-state index in [9.17, 15) is 4.79 Å². The lowest BCUT2D eigenvalue weighted by molar-refractivity contribution is 0.0697. The van der Waals surface area contributed by atoms with Gasteiger partial charge in [-0.2, -0.15) is 0 Å². The van der Waals surface area contributed by atoms with E-state index in [1.165, 1.54) is 0 Å². The van der Waals surface area contributed by atoms with Gasteiger partial charge in [-0.1, -0.05) is 36.4 Å². The van der Waals surface area contributed by atoms with Gasteiger partial charge < -0.3 is 5.11 Å². The summed E-state index contributed by atoms with van der Waals surface area (Å²) < 4.78 is 0. The fourth-order valence-electron chi connectivity index (χ4n) is 1.72. The van der Waals surface area contributed by atoms with Crippen LogP contribution in [-0.2, 0) is 0 Å². The highest BCUT2D eigenvalue weighted by Crippen LogP contribution is 2.30. The standard InChI is InChI=1S/C12H10O2/c1-8-7-9-5-3-2-4-6-10(9)11(8)12(13)14/h2-7H,1H3,(H,13,14).